The van der Waals surface area contributed by atoms with E-state index in [0.717, 1.165) is 35.0 Å². The van der Waals surface area contributed by atoms with E-state index in [4.69, 9.17) is 0 Å². The molecule has 1 heterocycles. The Balaban J connectivity index is 1.48. The van der Waals surface area contributed by atoms with Gasteiger partial charge in [-0.05, 0) is 67.6 Å². The maximum atomic E-state index is 13.4. The summed E-state index contributed by atoms with van der Waals surface area (Å²) in [6, 6.07) is 13.1. The number of piperidine rings is 1. The minimum atomic E-state index is -3.28. The second kappa shape index (κ2) is 10.6. The highest BCUT2D eigenvalue weighted by Gasteiger charge is 2.52. The lowest BCUT2D eigenvalue weighted by Gasteiger charge is -2.28. The SMILES string of the molecule is CC(F)(F)Oc1ccc(C2(C(=O)NC(Cc3ccc(Br)cc3)C(=O)NC3CCCNC3)CC2)cc1. The van der Waals surface area contributed by atoms with Gasteiger partial charge in [-0.1, -0.05) is 40.2 Å². The minimum Gasteiger partial charge on any atom is -0.433 e. The Kier molecular flexibility index (Phi) is 7.76. The molecule has 0 radical (unpaired) electrons. The molecule has 1 aliphatic carbocycles. The first-order valence-electron chi connectivity index (χ1n) is 11.9. The molecule has 0 spiro atoms. The largest absolute Gasteiger partial charge is 0.433 e. The molecule has 6 nitrogen and oxygen atoms in total. The predicted molar refractivity (Wildman–Crippen MR) is 132 cm³/mol. The van der Waals surface area contributed by atoms with Crippen LogP contribution in [0, 0.1) is 0 Å². The quantitative estimate of drug-likeness (QED) is 0.440. The van der Waals surface area contributed by atoms with E-state index >= 15 is 0 Å². The first kappa shape index (κ1) is 25.6. The maximum Gasteiger partial charge on any atom is 0.394 e. The lowest BCUT2D eigenvalue weighted by molar-refractivity contribution is -0.159. The van der Waals surface area contributed by atoms with Crippen molar-refractivity contribution in [2.75, 3.05) is 13.1 Å². The molecule has 2 unspecified atom stereocenters. The third-order valence-corrected chi connectivity index (χ3v) is 7.04. The molecular formula is C26H30BrF2N3O3. The molecule has 2 atom stereocenters. The van der Waals surface area contributed by atoms with E-state index in [1.54, 1.807) is 12.1 Å². The topological polar surface area (TPSA) is 79.5 Å². The summed E-state index contributed by atoms with van der Waals surface area (Å²) in [5.74, 6) is -0.406. The van der Waals surface area contributed by atoms with Gasteiger partial charge in [-0.3, -0.25) is 9.59 Å². The Bertz CT molecular complexity index is 1030. The summed E-state index contributed by atoms with van der Waals surface area (Å²) in [5, 5.41) is 9.36. The number of hydrogen-bond acceptors (Lipinski definition) is 4. The number of ether oxygens (including phenoxy) is 1. The molecule has 188 valence electrons. The average molecular weight is 550 g/mol. The maximum absolute atomic E-state index is 13.4. The number of amides is 2. The number of benzene rings is 2. The summed E-state index contributed by atoms with van der Waals surface area (Å²) in [6.45, 7) is 2.32. The van der Waals surface area contributed by atoms with Crippen LogP contribution < -0.4 is 20.7 Å². The Morgan fingerprint density at radius 1 is 1.17 bits per heavy atom. The Morgan fingerprint density at radius 2 is 1.86 bits per heavy atom. The molecule has 9 heteroatoms. The highest BCUT2D eigenvalue weighted by molar-refractivity contribution is 9.10. The van der Waals surface area contributed by atoms with Crippen molar-refractivity contribution in [3.63, 3.8) is 0 Å². The van der Waals surface area contributed by atoms with Crippen molar-refractivity contribution in [1.82, 2.24) is 16.0 Å². The standard InChI is InChI=1S/C26H30BrF2N3O3/c1-25(28,29)35-21-10-6-18(7-11-21)26(12-13-26)24(34)32-22(15-17-4-8-19(27)9-5-17)23(33)31-20-3-2-14-30-16-20/h4-11,20,22,30H,2-3,12-16H2,1H3,(H,31,33)(H,32,34). The average Bonchev–Trinajstić information content (AvgIpc) is 3.62. The molecule has 2 fully saturated rings. The van der Waals surface area contributed by atoms with Crippen LogP contribution in [0.15, 0.2) is 53.0 Å². The third kappa shape index (κ3) is 6.79. The van der Waals surface area contributed by atoms with Crippen molar-refractivity contribution in [3.05, 3.63) is 64.1 Å². The molecule has 0 bridgehead atoms. The lowest BCUT2D eigenvalue weighted by atomic mass is 9.93. The molecule has 35 heavy (non-hydrogen) atoms. The summed E-state index contributed by atoms with van der Waals surface area (Å²) < 4.78 is 31.8. The predicted octanol–water partition coefficient (Wildman–Crippen LogP) is 4.07. The smallest absolute Gasteiger partial charge is 0.394 e. The van der Waals surface area contributed by atoms with Gasteiger partial charge in [0.1, 0.15) is 11.8 Å². The highest BCUT2D eigenvalue weighted by Crippen LogP contribution is 2.49. The van der Waals surface area contributed by atoms with E-state index in [1.165, 1.54) is 12.1 Å². The molecule has 2 aliphatic rings. The molecule has 0 aromatic heterocycles. The van der Waals surface area contributed by atoms with Gasteiger partial charge >= 0.3 is 6.11 Å². The van der Waals surface area contributed by atoms with Crippen LogP contribution in [0.5, 0.6) is 5.75 Å². The van der Waals surface area contributed by atoms with Crippen molar-refractivity contribution >= 4 is 27.7 Å². The van der Waals surface area contributed by atoms with Gasteiger partial charge in [0.15, 0.2) is 0 Å². The van der Waals surface area contributed by atoms with Gasteiger partial charge < -0.3 is 20.7 Å². The van der Waals surface area contributed by atoms with Crippen molar-refractivity contribution < 1.29 is 23.1 Å². The van der Waals surface area contributed by atoms with E-state index in [0.29, 0.717) is 32.7 Å². The summed E-state index contributed by atoms with van der Waals surface area (Å²) in [7, 11) is 0. The van der Waals surface area contributed by atoms with Gasteiger partial charge in [0.2, 0.25) is 11.8 Å². The first-order chi connectivity index (χ1) is 16.6. The van der Waals surface area contributed by atoms with Crippen molar-refractivity contribution in [3.8, 4) is 5.75 Å². The molecule has 2 aromatic rings. The molecule has 4 rings (SSSR count). The Labute approximate surface area is 212 Å². The summed E-state index contributed by atoms with van der Waals surface area (Å²) in [5.41, 5.74) is 0.890. The fourth-order valence-electron chi connectivity index (χ4n) is 4.46. The summed E-state index contributed by atoms with van der Waals surface area (Å²) >= 11 is 3.42. The van der Waals surface area contributed by atoms with Crippen LogP contribution in [0.4, 0.5) is 8.78 Å². The van der Waals surface area contributed by atoms with Crippen LogP contribution in [0.25, 0.3) is 0 Å². The molecule has 1 saturated carbocycles. The van der Waals surface area contributed by atoms with Crippen LogP contribution in [0.3, 0.4) is 0 Å². The van der Waals surface area contributed by atoms with Gasteiger partial charge in [-0.15, -0.1) is 0 Å². The normalized spacial score (nSPS) is 19.9. The molecule has 2 amide bonds. The number of nitrogens with one attached hydrogen (secondary N) is 3. The number of carbonyl (C=O) groups is 2. The van der Waals surface area contributed by atoms with Crippen LogP contribution in [0.1, 0.15) is 43.7 Å². The molecule has 3 N–H and O–H groups in total. The van der Waals surface area contributed by atoms with E-state index in [2.05, 4.69) is 36.6 Å². The Hall–Kier alpha value is -2.52. The van der Waals surface area contributed by atoms with Gasteiger partial charge in [0.25, 0.3) is 0 Å². The lowest BCUT2D eigenvalue weighted by Crippen LogP contribution is -2.55. The summed E-state index contributed by atoms with van der Waals surface area (Å²) in [6.07, 6.45) is 0.218. The third-order valence-electron chi connectivity index (χ3n) is 6.51. The van der Waals surface area contributed by atoms with Gasteiger partial charge in [-0.25, -0.2) is 0 Å². The minimum absolute atomic E-state index is 0.0275. The Morgan fingerprint density at radius 3 is 2.43 bits per heavy atom. The van der Waals surface area contributed by atoms with Gasteiger partial charge in [-0.2, -0.15) is 8.78 Å². The van der Waals surface area contributed by atoms with E-state index < -0.39 is 17.6 Å². The molecular weight excluding hydrogens is 520 g/mol. The zero-order valence-electron chi connectivity index (χ0n) is 19.6. The number of carbonyl (C=O) groups excluding carboxylic acids is 2. The van der Waals surface area contributed by atoms with Crippen LogP contribution in [-0.4, -0.2) is 43.1 Å². The van der Waals surface area contributed by atoms with Crippen LogP contribution in [0.2, 0.25) is 0 Å². The monoisotopic (exact) mass is 549 g/mol. The van der Waals surface area contributed by atoms with Crippen molar-refractivity contribution in [1.29, 1.82) is 0 Å². The second-order valence-electron chi connectivity index (χ2n) is 9.42. The van der Waals surface area contributed by atoms with Gasteiger partial charge in [0, 0.05) is 30.4 Å². The van der Waals surface area contributed by atoms with E-state index in [-0.39, 0.29) is 23.6 Å². The van der Waals surface area contributed by atoms with Crippen LogP contribution in [-0.2, 0) is 21.4 Å². The number of halogens is 3. The number of rotatable bonds is 9. The van der Waals surface area contributed by atoms with Crippen molar-refractivity contribution in [2.24, 2.45) is 0 Å². The van der Waals surface area contributed by atoms with Crippen molar-refractivity contribution in [2.45, 2.75) is 62.6 Å². The number of hydrogen-bond donors (Lipinski definition) is 3. The van der Waals surface area contributed by atoms with Gasteiger partial charge in [0.05, 0.1) is 5.41 Å². The molecule has 1 aliphatic heterocycles. The van der Waals surface area contributed by atoms with E-state index in [9.17, 15) is 18.4 Å². The number of alkyl halides is 2. The summed E-state index contributed by atoms with van der Waals surface area (Å²) in [4.78, 5) is 26.7. The first-order valence-corrected chi connectivity index (χ1v) is 12.7. The molecule has 2 aromatic carbocycles. The highest BCUT2D eigenvalue weighted by atomic mass is 79.9. The fraction of sp³-hybridized carbons (Fsp3) is 0.462. The zero-order chi connectivity index (χ0) is 25.1. The fourth-order valence-corrected chi connectivity index (χ4v) is 4.72. The zero-order valence-corrected chi connectivity index (χ0v) is 21.2. The van der Waals surface area contributed by atoms with Crippen LogP contribution >= 0.6 is 15.9 Å². The molecule has 1 saturated heterocycles. The second-order valence-corrected chi connectivity index (χ2v) is 10.3. The van der Waals surface area contributed by atoms with E-state index in [1.807, 2.05) is 24.3 Å².